The maximum Gasteiger partial charge on any atom is 0.270 e. The van der Waals surface area contributed by atoms with Crippen LogP contribution in [0, 0.1) is 10.1 Å². The molecule has 10 heteroatoms. The monoisotopic (exact) mass is 361 g/mol. The topological polar surface area (TPSA) is 120 Å². The summed E-state index contributed by atoms with van der Waals surface area (Å²) in [6.45, 7) is 2.45. The highest BCUT2D eigenvalue weighted by atomic mass is 32.2. The van der Waals surface area contributed by atoms with Gasteiger partial charge < -0.3 is 4.57 Å². The Balaban J connectivity index is 1.88. The van der Waals surface area contributed by atoms with Crippen molar-refractivity contribution in [3.05, 3.63) is 58.5 Å². The van der Waals surface area contributed by atoms with Gasteiger partial charge in [-0.1, -0.05) is 6.07 Å². The molecule has 0 saturated heterocycles. The fourth-order valence-corrected chi connectivity index (χ4v) is 3.50. The Morgan fingerprint density at radius 3 is 2.80 bits per heavy atom. The summed E-state index contributed by atoms with van der Waals surface area (Å²) in [6, 6.07) is 8.45. The number of hydrogen-bond acceptors (Lipinski definition) is 6. The van der Waals surface area contributed by atoms with Crippen molar-refractivity contribution in [3.8, 4) is 0 Å². The van der Waals surface area contributed by atoms with Crippen molar-refractivity contribution >= 4 is 26.9 Å². The molecule has 0 aliphatic carbocycles. The van der Waals surface area contributed by atoms with E-state index in [4.69, 9.17) is 0 Å². The molecule has 0 saturated carbocycles. The number of aryl methyl sites for hydroxylation is 1. The van der Waals surface area contributed by atoms with E-state index < -0.39 is 14.9 Å². The zero-order valence-electron chi connectivity index (χ0n) is 13.3. The van der Waals surface area contributed by atoms with Gasteiger partial charge in [-0.2, -0.15) is 0 Å². The van der Waals surface area contributed by atoms with Crippen molar-refractivity contribution in [3.63, 3.8) is 0 Å². The number of hydrogen-bond donors (Lipinski definition) is 1. The minimum atomic E-state index is -3.91. The van der Waals surface area contributed by atoms with Crippen LogP contribution in [0.1, 0.15) is 12.7 Å². The van der Waals surface area contributed by atoms with Crippen molar-refractivity contribution in [2.45, 2.75) is 24.9 Å². The molecule has 1 N–H and O–H groups in total. The number of nitro benzene ring substituents is 1. The van der Waals surface area contributed by atoms with E-state index in [-0.39, 0.29) is 17.1 Å². The molecule has 2 heterocycles. The number of pyridine rings is 1. The summed E-state index contributed by atoms with van der Waals surface area (Å²) in [5.74, 6) is 0.519. The van der Waals surface area contributed by atoms with Gasteiger partial charge in [0.05, 0.1) is 16.4 Å². The third-order valence-electron chi connectivity index (χ3n) is 3.66. The van der Waals surface area contributed by atoms with Crippen LogP contribution in [0.15, 0.2) is 47.5 Å². The highest BCUT2D eigenvalue weighted by Gasteiger charge is 2.19. The Kier molecular flexibility index (Phi) is 4.47. The van der Waals surface area contributed by atoms with Gasteiger partial charge in [-0.05, 0) is 25.1 Å². The predicted molar refractivity (Wildman–Crippen MR) is 90.3 cm³/mol. The van der Waals surface area contributed by atoms with Crippen molar-refractivity contribution in [1.82, 2.24) is 19.3 Å². The number of nitro groups is 1. The van der Waals surface area contributed by atoms with Crippen molar-refractivity contribution < 1.29 is 13.3 Å². The lowest BCUT2D eigenvalue weighted by Crippen LogP contribution is -2.25. The second kappa shape index (κ2) is 6.57. The van der Waals surface area contributed by atoms with E-state index in [2.05, 4.69) is 14.7 Å². The summed E-state index contributed by atoms with van der Waals surface area (Å²) in [4.78, 5) is 18.7. The molecule has 2 aromatic heterocycles. The summed E-state index contributed by atoms with van der Waals surface area (Å²) in [6.07, 6.45) is 1.65. The van der Waals surface area contributed by atoms with Crippen molar-refractivity contribution in [1.29, 1.82) is 0 Å². The van der Waals surface area contributed by atoms with Crippen molar-refractivity contribution in [2.75, 3.05) is 0 Å². The molecular weight excluding hydrogens is 346 g/mol. The minimum Gasteiger partial charge on any atom is -0.312 e. The fraction of sp³-hybridized carbons (Fsp3) is 0.200. The molecule has 1 aromatic carbocycles. The predicted octanol–water partition coefficient (Wildman–Crippen LogP) is 1.84. The largest absolute Gasteiger partial charge is 0.312 e. The Labute approximate surface area is 143 Å². The second-order valence-electron chi connectivity index (χ2n) is 5.20. The highest BCUT2D eigenvalue weighted by Crippen LogP contribution is 2.18. The Bertz CT molecular complexity index is 1050. The molecule has 0 atom stereocenters. The van der Waals surface area contributed by atoms with Crippen LogP contribution in [0.4, 0.5) is 5.69 Å². The third kappa shape index (κ3) is 3.35. The van der Waals surface area contributed by atoms with Gasteiger partial charge in [0.1, 0.15) is 11.3 Å². The maximum atomic E-state index is 12.4. The number of imidazole rings is 1. The van der Waals surface area contributed by atoms with E-state index in [1.54, 1.807) is 18.3 Å². The lowest BCUT2D eigenvalue weighted by Gasteiger charge is -2.08. The van der Waals surface area contributed by atoms with Gasteiger partial charge in [0.15, 0.2) is 5.65 Å². The Hall–Kier alpha value is -2.85. The molecule has 0 spiro atoms. The molecule has 9 nitrogen and oxygen atoms in total. The Morgan fingerprint density at radius 1 is 1.28 bits per heavy atom. The molecule has 3 aromatic rings. The molecular formula is C15H15N5O4S. The summed E-state index contributed by atoms with van der Waals surface area (Å²) in [5, 5.41) is 10.8. The standard InChI is InChI=1S/C15H15N5O4S/c1-2-19-14(18-13-7-4-8-16-15(13)19)10-17-25(23,24)12-6-3-5-11(9-12)20(21)22/h3-9,17H,2,10H2,1H3. The van der Waals surface area contributed by atoms with Crippen LogP contribution >= 0.6 is 0 Å². The fourth-order valence-electron chi connectivity index (χ4n) is 2.48. The molecule has 0 unspecified atom stereocenters. The number of nitrogens with one attached hydrogen (secondary N) is 1. The van der Waals surface area contributed by atoms with Gasteiger partial charge >= 0.3 is 0 Å². The number of non-ortho nitro benzene ring substituents is 1. The first-order chi connectivity index (χ1) is 11.9. The minimum absolute atomic E-state index is 0.0464. The van der Waals surface area contributed by atoms with Crippen molar-refractivity contribution in [2.24, 2.45) is 0 Å². The number of nitrogens with zero attached hydrogens (tertiary/aromatic N) is 4. The van der Waals surface area contributed by atoms with Gasteiger partial charge in [0.25, 0.3) is 5.69 Å². The van der Waals surface area contributed by atoms with E-state index in [9.17, 15) is 18.5 Å². The number of aromatic nitrogens is 3. The molecule has 0 aliphatic rings. The van der Waals surface area contributed by atoms with Gasteiger partial charge in [0.2, 0.25) is 10.0 Å². The molecule has 0 amide bonds. The molecule has 3 rings (SSSR count). The maximum absolute atomic E-state index is 12.4. The zero-order chi connectivity index (χ0) is 18.0. The van der Waals surface area contributed by atoms with E-state index in [1.165, 1.54) is 18.2 Å². The normalized spacial score (nSPS) is 11.7. The van der Waals surface area contributed by atoms with Gasteiger partial charge in [-0.3, -0.25) is 10.1 Å². The summed E-state index contributed by atoms with van der Waals surface area (Å²) < 4.78 is 29.1. The van der Waals surface area contributed by atoms with E-state index in [0.717, 1.165) is 6.07 Å². The van der Waals surface area contributed by atoms with E-state index in [1.807, 2.05) is 11.5 Å². The number of rotatable bonds is 6. The van der Waals surface area contributed by atoms with Crippen LogP contribution in [0.2, 0.25) is 0 Å². The van der Waals surface area contributed by atoms with Crippen LogP contribution in [-0.2, 0) is 23.1 Å². The third-order valence-corrected chi connectivity index (χ3v) is 5.06. The molecule has 130 valence electrons. The first kappa shape index (κ1) is 17.0. The molecule has 0 aliphatic heterocycles. The lowest BCUT2D eigenvalue weighted by atomic mass is 10.3. The van der Waals surface area contributed by atoms with Gasteiger partial charge in [0, 0.05) is 24.9 Å². The molecule has 0 fully saturated rings. The summed E-state index contributed by atoms with van der Waals surface area (Å²) in [7, 11) is -3.91. The number of sulfonamides is 1. The van der Waals surface area contributed by atoms with Crippen LogP contribution < -0.4 is 4.72 Å². The average Bonchev–Trinajstić information content (AvgIpc) is 2.97. The van der Waals surface area contributed by atoms with Crippen LogP contribution in [0.25, 0.3) is 11.2 Å². The van der Waals surface area contributed by atoms with E-state index >= 15 is 0 Å². The highest BCUT2D eigenvalue weighted by molar-refractivity contribution is 7.89. The van der Waals surface area contributed by atoms with E-state index in [0.29, 0.717) is 23.5 Å². The number of benzene rings is 1. The van der Waals surface area contributed by atoms with Crippen LogP contribution in [0.5, 0.6) is 0 Å². The second-order valence-corrected chi connectivity index (χ2v) is 6.96. The van der Waals surface area contributed by atoms with Crippen LogP contribution in [-0.4, -0.2) is 27.9 Å². The molecule has 0 bridgehead atoms. The van der Waals surface area contributed by atoms with Gasteiger partial charge in [-0.25, -0.2) is 23.1 Å². The lowest BCUT2D eigenvalue weighted by molar-refractivity contribution is -0.385. The summed E-state index contributed by atoms with van der Waals surface area (Å²) >= 11 is 0. The van der Waals surface area contributed by atoms with Crippen LogP contribution in [0.3, 0.4) is 0 Å². The SMILES string of the molecule is CCn1c(CNS(=O)(=O)c2cccc([N+](=O)[O-])c2)nc2cccnc21. The summed E-state index contributed by atoms with van der Waals surface area (Å²) in [5.41, 5.74) is 1.07. The van der Waals surface area contributed by atoms with Gasteiger partial charge in [-0.15, -0.1) is 0 Å². The smallest absolute Gasteiger partial charge is 0.270 e. The Morgan fingerprint density at radius 2 is 2.08 bits per heavy atom. The number of fused-ring (bicyclic) bond motifs is 1. The molecule has 0 radical (unpaired) electrons. The average molecular weight is 361 g/mol. The quantitative estimate of drug-likeness (QED) is 0.528. The molecule has 25 heavy (non-hydrogen) atoms. The first-order valence-electron chi connectivity index (χ1n) is 7.46. The zero-order valence-corrected chi connectivity index (χ0v) is 14.1. The first-order valence-corrected chi connectivity index (χ1v) is 8.95.